The predicted octanol–water partition coefficient (Wildman–Crippen LogP) is 3.72. The topological polar surface area (TPSA) is 57.7 Å². The molecule has 3 aromatic rings. The first-order chi connectivity index (χ1) is 13.5. The highest BCUT2D eigenvalue weighted by Gasteiger charge is 2.37. The van der Waals surface area contributed by atoms with Crippen molar-refractivity contribution in [2.45, 2.75) is 6.54 Å². The molecule has 3 amide bonds. The standard InChI is InChI=1S/C21H15FN2O3S/c22-14-7-9-15(10-8-14)23(12-16-4-3-11-28-16)19(25)13-24-20(26)17-5-1-2-6-18(17)21(24)27/h1-11H,12-13H2. The van der Waals surface area contributed by atoms with Gasteiger partial charge in [-0.15, -0.1) is 11.3 Å². The summed E-state index contributed by atoms with van der Waals surface area (Å²) < 4.78 is 13.3. The van der Waals surface area contributed by atoms with Crippen molar-refractivity contribution in [3.63, 3.8) is 0 Å². The number of amides is 3. The summed E-state index contributed by atoms with van der Waals surface area (Å²) in [5.41, 5.74) is 1.09. The minimum absolute atomic E-state index is 0.269. The first-order valence-corrected chi connectivity index (χ1v) is 9.46. The molecule has 0 N–H and O–H groups in total. The highest BCUT2D eigenvalue weighted by atomic mass is 32.1. The van der Waals surface area contributed by atoms with Crippen molar-refractivity contribution in [3.05, 3.63) is 87.9 Å². The lowest BCUT2D eigenvalue weighted by atomic mass is 10.1. The molecule has 28 heavy (non-hydrogen) atoms. The maximum absolute atomic E-state index is 13.3. The predicted molar refractivity (Wildman–Crippen MR) is 104 cm³/mol. The Balaban J connectivity index is 1.60. The fourth-order valence-corrected chi connectivity index (χ4v) is 3.80. The van der Waals surface area contributed by atoms with Gasteiger partial charge in [-0.05, 0) is 47.8 Å². The second-order valence-electron chi connectivity index (χ2n) is 6.28. The van der Waals surface area contributed by atoms with Crippen LogP contribution in [0.25, 0.3) is 0 Å². The Labute approximate surface area is 164 Å². The van der Waals surface area contributed by atoms with Gasteiger partial charge < -0.3 is 4.90 Å². The third-order valence-corrected chi connectivity index (χ3v) is 5.37. The molecular weight excluding hydrogens is 379 g/mol. The van der Waals surface area contributed by atoms with Gasteiger partial charge in [0.25, 0.3) is 11.8 Å². The number of thiophene rings is 1. The molecule has 0 bridgehead atoms. The molecule has 1 aliphatic heterocycles. The number of rotatable bonds is 5. The van der Waals surface area contributed by atoms with Gasteiger partial charge in [0.15, 0.2) is 0 Å². The van der Waals surface area contributed by atoms with Crippen LogP contribution in [0.3, 0.4) is 0 Å². The summed E-state index contributed by atoms with van der Waals surface area (Å²) in [6.45, 7) is -0.111. The zero-order valence-electron chi connectivity index (χ0n) is 14.7. The number of halogens is 1. The smallest absolute Gasteiger partial charge is 0.262 e. The summed E-state index contributed by atoms with van der Waals surface area (Å²) in [4.78, 5) is 41.5. The largest absolute Gasteiger partial charge is 0.306 e. The molecule has 0 radical (unpaired) electrons. The number of nitrogens with zero attached hydrogens (tertiary/aromatic N) is 2. The molecule has 0 unspecified atom stereocenters. The highest BCUT2D eigenvalue weighted by molar-refractivity contribution is 7.09. The molecule has 1 aliphatic rings. The van der Waals surface area contributed by atoms with E-state index in [-0.39, 0.29) is 13.1 Å². The minimum atomic E-state index is -0.482. The molecule has 0 spiro atoms. The summed E-state index contributed by atoms with van der Waals surface area (Å²) in [5.74, 6) is -1.80. The van der Waals surface area contributed by atoms with Gasteiger partial charge >= 0.3 is 0 Å². The van der Waals surface area contributed by atoms with Crippen LogP contribution in [0.2, 0.25) is 0 Å². The Hall–Kier alpha value is -3.32. The Bertz CT molecular complexity index is 1010. The Morgan fingerprint density at radius 1 is 0.929 bits per heavy atom. The molecule has 0 saturated heterocycles. The second-order valence-corrected chi connectivity index (χ2v) is 7.31. The van der Waals surface area contributed by atoms with E-state index in [1.165, 1.54) is 40.5 Å². The second kappa shape index (κ2) is 7.36. The number of imide groups is 1. The van der Waals surface area contributed by atoms with Crippen LogP contribution in [0.5, 0.6) is 0 Å². The molecular formula is C21H15FN2O3S. The van der Waals surface area contributed by atoms with Crippen LogP contribution >= 0.6 is 11.3 Å². The van der Waals surface area contributed by atoms with Gasteiger partial charge in [-0.1, -0.05) is 18.2 Å². The molecule has 4 rings (SSSR count). The van der Waals surface area contributed by atoms with Gasteiger partial charge in [0.05, 0.1) is 17.7 Å². The first kappa shape index (κ1) is 18.1. The maximum atomic E-state index is 13.3. The summed E-state index contributed by atoms with van der Waals surface area (Å²) in [6.07, 6.45) is 0. The van der Waals surface area contributed by atoms with Crippen LogP contribution in [0.1, 0.15) is 25.6 Å². The lowest BCUT2D eigenvalue weighted by Crippen LogP contribution is -2.42. The molecule has 2 heterocycles. The van der Waals surface area contributed by atoms with Gasteiger partial charge in [0.2, 0.25) is 5.91 Å². The van der Waals surface area contributed by atoms with Gasteiger partial charge in [-0.25, -0.2) is 4.39 Å². The van der Waals surface area contributed by atoms with Gasteiger partial charge in [0.1, 0.15) is 12.4 Å². The number of carbonyl (C=O) groups is 3. The fourth-order valence-electron chi connectivity index (χ4n) is 3.11. The van der Waals surface area contributed by atoms with Crippen LogP contribution in [0, 0.1) is 5.82 Å². The van der Waals surface area contributed by atoms with Gasteiger partial charge in [-0.3, -0.25) is 19.3 Å². The summed E-state index contributed by atoms with van der Waals surface area (Å²) in [6, 6.07) is 15.8. The van der Waals surface area contributed by atoms with Crippen molar-refractivity contribution >= 4 is 34.7 Å². The van der Waals surface area contributed by atoms with E-state index in [1.54, 1.807) is 24.3 Å². The molecule has 140 valence electrons. The van der Waals surface area contributed by atoms with E-state index in [1.807, 2.05) is 17.5 Å². The lowest BCUT2D eigenvalue weighted by Gasteiger charge is -2.24. The van der Waals surface area contributed by atoms with E-state index in [0.717, 1.165) is 9.78 Å². The van der Waals surface area contributed by atoms with Crippen molar-refractivity contribution < 1.29 is 18.8 Å². The zero-order valence-corrected chi connectivity index (χ0v) is 15.5. The molecule has 1 aromatic heterocycles. The monoisotopic (exact) mass is 394 g/mol. The van der Waals surface area contributed by atoms with E-state index in [4.69, 9.17) is 0 Å². The van der Waals surface area contributed by atoms with Crippen LogP contribution < -0.4 is 4.90 Å². The van der Waals surface area contributed by atoms with E-state index in [9.17, 15) is 18.8 Å². The normalized spacial score (nSPS) is 13.0. The average molecular weight is 394 g/mol. The number of hydrogen-bond acceptors (Lipinski definition) is 4. The molecule has 0 atom stereocenters. The zero-order chi connectivity index (χ0) is 19.7. The van der Waals surface area contributed by atoms with Crippen LogP contribution in [-0.2, 0) is 11.3 Å². The van der Waals surface area contributed by atoms with Gasteiger partial charge in [0, 0.05) is 10.6 Å². The SMILES string of the molecule is O=C1c2ccccc2C(=O)N1CC(=O)N(Cc1cccs1)c1ccc(F)cc1. The quantitative estimate of drug-likeness (QED) is 0.620. The van der Waals surface area contributed by atoms with Crippen LogP contribution in [-0.4, -0.2) is 29.2 Å². The van der Waals surface area contributed by atoms with Crippen molar-refractivity contribution in [1.82, 2.24) is 4.90 Å². The minimum Gasteiger partial charge on any atom is -0.306 e. The Morgan fingerprint density at radius 3 is 2.14 bits per heavy atom. The van der Waals surface area contributed by atoms with Gasteiger partial charge in [-0.2, -0.15) is 0 Å². The number of carbonyl (C=O) groups excluding carboxylic acids is 3. The number of fused-ring (bicyclic) bond motifs is 1. The Kier molecular flexibility index (Phi) is 4.75. The third-order valence-electron chi connectivity index (χ3n) is 4.50. The van der Waals surface area contributed by atoms with Crippen molar-refractivity contribution in [2.24, 2.45) is 0 Å². The number of hydrogen-bond donors (Lipinski definition) is 0. The molecule has 7 heteroatoms. The van der Waals surface area contributed by atoms with E-state index in [0.29, 0.717) is 16.8 Å². The molecule has 0 fully saturated rings. The van der Waals surface area contributed by atoms with Crippen molar-refractivity contribution in [1.29, 1.82) is 0 Å². The number of benzene rings is 2. The van der Waals surface area contributed by atoms with Crippen molar-refractivity contribution in [2.75, 3.05) is 11.4 Å². The molecule has 0 saturated carbocycles. The summed E-state index contributed by atoms with van der Waals surface area (Å²) in [7, 11) is 0. The summed E-state index contributed by atoms with van der Waals surface area (Å²) in [5, 5.41) is 1.90. The third kappa shape index (κ3) is 3.32. The highest BCUT2D eigenvalue weighted by Crippen LogP contribution is 2.24. The van der Waals surface area contributed by atoms with Crippen molar-refractivity contribution in [3.8, 4) is 0 Å². The van der Waals surface area contributed by atoms with Crippen LogP contribution in [0.15, 0.2) is 66.0 Å². The van der Waals surface area contributed by atoms with Crippen LogP contribution in [0.4, 0.5) is 10.1 Å². The molecule has 2 aromatic carbocycles. The first-order valence-electron chi connectivity index (χ1n) is 8.58. The van der Waals surface area contributed by atoms with E-state index < -0.39 is 23.5 Å². The Morgan fingerprint density at radius 2 is 1.57 bits per heavy atom. The number of anilines is 1. The fraction of sp³-hybridized carbons (Fsp3) is 0.0952. The summed E-state index contributed by atoms with van der Waals surface area (Å²) >= 11 is 1.48. The molecule has 0 aliphatic carbocycles. The van der Waals surface area contributed by atoms with E-state index in [2.05, 4.69) is 0 Å². The maximum Gasteiger partial charge on any atom is 0.262 e. The van der Waals surface area contributed by atoms with E-state index >= 15 is 0 Å². The average Bonchev–Trinajstić information content (AvgIpc) is 3.30. The lowest BCUT2D eigenvalue weighted by molar-refractivity contribution is -0.119. The molecule has 5 nitrogen and oxygen atoms in total.